The second-order valence-electron chi connectivity index (χ2n) is 20.1. The number of hydrazine groups is 1. The first-order valence-electron chi connectivity index (χ1n) is 24.1. The highest BCUT2D eigenvalue weighted by molar-refractivity contribution is 8.14. The number of benzene rings is 1. The molecule has 6 aliphatic rings. The number of aromatic nitrogens is 2. The fourth-order valence-electron chi connectivity index (χ4n) is 10.9. The van der Waals surface area contributed by atoms with Crippen LogP contribution in [-0.2, 0) is 41.6 Å². The minimum atomic E-state index is -1.04. The summed E-state index contributed by atoms with van der Waals surface area (Å²) in [6.07, 6.45) is 7.74. The van der Waals surface area contributed by atoms with E-state index < -0.39 is 29.6 Å². The standard InChI is InChI=1S/C50H69N7O6S/c1-9-56-40-16-13-32-22-35(40)37(44(56)36-23-33(25-51-42(36)30(5)61-8)31-17-20-55(21-18-31)34-14-15-34)24-50(6,7)27-63-49(60)38-12-11-19-57(54-38)48(59)43(53-46(58)41-28(3)29(41)4)45(62-10-2)47-52-39(32)26-64-47/h13,16,22-23,25,28-31,34,38-39,41,43,45,54H,9-12,14-15,17-21,24,26-27H2,1-8H3,(H,53,58)/t28-,29+,30-,38-,39?,41+,43-,45-/m0/s1. The molecule has 2 aromatic heterocycles. The quantitative estimate of drug-likeness (QED) is 0.199. The first kappa shape index (κ1) is 45.3. The van der Waals surface area contributed by atoms with E-state index in [4.69, 9.17) is 24.2 Å². The van der Waals surface area contributed by atoms with Gasteiger partial charge in [-0.25, -0.2) is 5.43 Å². The fraction of sp³-hybridized carbons (Fsp3) is 0.660. The maximum absolute atomic E-state index is 14.7. The van der Waals surface area contributed by atoms with Crippen molar-refractivity contribution in [3.05, 3.63) is 52.8 Å². The van der Waals surface area contributed by atoms with E-state index in [-0.39, 0.29) is 48.3 Å². The molecule has 14 heteroatoms. The molecule has 4 aliphatic heterocycles. The minimum absolute atomic E-state index is 0.155. The summed E-state index contributed by atoms with van der Waals surface area (Å²) in [7, 11) is 1.75. The van der Waals surface area contributed by atoms with Gasteiger partial charge < -0.3 is 29.0 Å². The Morgan fingerprint density at radius 2 is 1.81 bits per heavy atom. The van der Waals surface area contributed by atoms with Crippen molar-refractivity contribution in [1.82, 2.24) is 30.2 Å². The van der Waals surface area contributed by atoms with E-state index >= 15 is 0 Å². The minimum Gasteiger partial charge on any atom is -0.464 e. The Morgan fingerprint density at radius 1 is 1.05 bits per heavy atom. The number of rotatable bonds is 10. The number of amides is 2. The molecule has 1 aromatic carbocycles. The number of fused-ring (bicyclic) bond motifs is 5. The summed E-state index contributed by atoms with van der Waals surface area (Å²) >= 11 is 1.59. The van der Waals surface area contributed by atoms with E-state index in [1.54, 1.807) is 18.9 Å². The van der Waals surface area contributed by atoms with E-state index in [0.717, 1.165) is 71.9 Å². The normalized spacial score (nSPS) is 29.6. The van der Waals surface area contributed by atoms with Crippen molar-refractivity contribution in [1.29, 1.82) is 0 Å². The van der Waals surface area contributed by atoms with Gasteiger partial charge in [0.2, 0.25) is 5.91 Å². The summed E-state index contributed by atoms with van der Waals surface area (Å²) in [5, 5.41) is 6.46. The summed E-state index contributed by atoms with van der Waals surface area (Å²) < 4.78 is 21.1. The van der Waals surface area contributed by atoms with Crippen LogP contribution < -0.4 is 10.7 Å². The Hall–Kier alpha value is -3.82. The highest BCUT2D eigenvalue weighted by Crippen LogP contribution is 2.47. The number of piperidine rings is 1. The van der Waals surface area contributed by atoms with Crippen molar-refractivity contribution in [3.8, 4) is 11.3 Å². The van der Waals surface area contributed by atoms with E-state index in [1.807, 2.05) is 6.92 Å². The van der Waals surface area contributed by atoms with Gasteiger partial charge in [-0.2, -0.15) is 0 Å². The van der Waals surface area contributed by atoms with Crippen LogP contribution in [-0.4, -0.2) is 112 Å². The predicted molar refractivity (Wildman–Crippen MR) is 251 cm³/mol. The molecule has 9 rings (SSSR count). The molecular formula is C50H69N7O6S. The summed E-state index contributed by atoms with van der Waals surface area (Å²) in [6.45, 7) is 18.6. The first-order valence-corrected chi connectivity index (χ1v) is 25.1. The maximum Gasteiger partial charge on any atom is 0.324 e. The lowest BCUT2D eigenvalue weighted by molar-refractivity contribution is -0.156. The van der Waals surface area contributed by atoms with Crippen molar-refractivity contribution in [2.24, 2.45) is 28.2 Å². The molecular weight excluding hydrogens is 827 g/mol. The smallest absolute Gasteiger partial charge is 0.324 e. The summed E-state index contributed by atoms with van der Waals surface area (Å²) in [5.41, 5.74) is 10.6. The summed E-state index contributed by atoms with van der Waals surface area (Å²) in [4.78, 5) is 55.7. The van der Waals surface area contributed by atoms with Crippen LogP contribution in [0.25, 0.3) is 22.2 Å². The van der Waals surface area contributed by atoms with Crippen molar-refractivity contribution in [2.75, 3.05) is 45.7 Å². The second-order valence-corrected chi connectivity index (χ2v) is 21.2. The number of aliphatic imine (C=N–C) groups is 1. The van der Waals surface area contributed by atoms with Crippen LogP contribution in [0.3, 0.4) is 0 Å². The van der Waals surface area contributed by atoms with Crippen LogP contribution in [0.2, 0.25) is 0 Å². The number of ether oxygens (including phenoxy) is 3. The molecule has 4 fully saturated rings. The third kappa shape index (κ3) is 8.90. The summed E-state index contributed by atoms with van der Waals surface area (Å²) in [6, 6.07) is 7.98. The number of hydrogen-bond acceptors (Lipinski definition) is 11. The van der Waals surface area contributed by atoms with Gasteiger partial charge in [0.1, 0.15) is 23.2 Å². The topological polar surface area (TPSA) is 140 Å². The Kier molecular flexibility index (Phi) is 13.1. The molecule has 2 aliphatic carbocycles. The SMILES string of the molecule is CCO[C@@H]1C2=NC(CS2)c2ccc3c(c2)c(c(-c2cc(C4CCN(C5CC5)CC4)cnc2[C@H](C)OC)n3CC)CC(C)(C)COC(=O)[C@@H]2CCCN(N2)C(=O)[C@H]1NC(=O)[C@H]1[C@H](C)[C@@H]1C. The number of nitrogens with zero attached hydrogens (tertiary/aromatic N) is 5. The van der Waals surface area contributed by atoms with Gasteiger partial charge in [0.15, 0.2) is 0 Å². The molecule has 3 aromatic rings. The van der Waals surface area contributed by atoms with Gasteiger partial charge in [0.25, 0.3) is 5.91 Å². The Labute approximate surface area is 383 Å². The molecule has 6 heterocycles. The number of nitrogens with one attached hydrogen (secondary N) is 2. The molecule has 2 saturated carbocycles. The largest absolute Gasteiger partial charge is 0.464 e. The predicted octanol–water partition coefficient (Wildman–Crippen LogP) is 7.37. The van der Waals surface area contributed by atoms with Crippen molar-refractivity contribution in [3.63, 3.8) is 0 Å². The number of cyclic esters (lactones) is 1. The van der Waals surface area contributed by atoms with Gasteiger partial charge in [-0.05, 0) is 131 Å². The number of aryl methyl sites for hydroxylation is 1. The zero-order valence-electron chi connectivity index (χ0n) is 39.2. The number of carbonyl (C=O) groups is 3. The van der Waals surface area contributed by atoms with Crippen molar-refractivity contribution in [2.45, 2.75) is 142 Å². The molecule has 2 amide bonds. The zero-order valence-corrected chi connectivity index (χ0v) is 40.0. The molecule has 0 radical (unpaired) electrons. The van der Waals surface area contributed by atoms with Crippen LogP contribution >= 0.6 is 11.8 Å². The number of esters is 1. The number of carbonyl (C=O) groups excluding carboxylic acids is 3. The lowest BCUT2D eigenvalue weighted by Gasteiger charge is -2.37. The van der Waals surface area contributed by atoms with E-state index in [1.165, 1.54) is 29.0 Å². The second kappa shape index (κ2) is 18.5. The average Bonchev–Trinajstić information content (AvgIpc) is 4.16. The number of methoxy groups -OCH3 is 1. The van der Waals surface area contributed by atoms with Gasteiger partial charge in [0, 0.05) is 72.6 Å². The van der Waals surface area contributed by atoms with Gasteiger partial charge in [0.05, 0.1) is 30.1 Å². The lowest BCUT2D eigenvalue weighted by Crippen LogP contribution is -2.63. The van der Waals surface area contributed by atoms with Crippen LogP contribution in [0.5, 0.6) is 0 Å². The molecule has 13 nitrogen and oxygen atoms in total. The number of thioether (sulfide) groups is 1. The van der Waals surface area contributed by atoms with Crippen LogP contribution in [0.4, 0.5) is 0 Å². The van der Waals surface area contributed by atoms with Crippen LogP contribution in [0.1, 0.15) is 127 Å². The maximum atomic E-state index is 14.7. The Morgan fingerprint density at radius 3 is 2.50 bits per heavy atom. The first-order chi connectivity index (χ1) is 30.8. The summed E-state index contributed by atoms with van der Waals surface area (Å²) in [5.74, 6) is 0.496. The zero-order chi connectivity index (χ0) is 45.0. The van der Waals surface area contributed by atoms with Crippen molar-refractivity contribution < 1.29 is 28.6 Å². The Balaban J connectivity index is 1.16. The van der Waals surface area contributed by atoms with Gasteiger partial charge in [-0.15, -0.1) is 11.8 Å². The number of hydrogen-bond donors (Lipinski definition) is 2. The van der Waals surface area contributed by atoms with Gasteiger partial charge in [-0.3, -0.25) is 29.4 Å². The van der Waals surface area contributed by atoms with E-state index in [0.29, 0.717) is 49.1 Å². The Bertz CT molecular complexity index is 2270. The monoisotopic (exact) mass is 896 g/mol. The third-order valence-electron chi connectivity index (χ3n) is 15.1. The molecule has 6 bridgehead atoms. The number of pyridine rings is 1. The van der Waals surface area contributed by atoms with Crippen LogP contribution in [0, 0.1) is 23.2 Å². The third-order valence-corrected chi connectivity index (χ3v) is 16.3. The van der Waals surface area contributed by atoms with Gasteiger partial charge in [-0.1, -0.05) is 33.8 Å². The van der Waals surface area contributed by atoms with Crippen LogP contribution in [0.15, 0.2) is 35.5 Å². The molecule has 0 spiro atoms. The number of likely N-dealkylation sites (tertiary alicyclic amines) is 1. The molecule has 2 N–H and O–H groups in total. The van der Waals surface area contributed by atoms with Crippen molar-refractivity contribution >= 4 is 45.5 Å². The average molecular weight is 896 g/mol. The lowest BCUT2D eigenvalue weighted by atomic mass is 9.83. The fourth-order valence-corrected chi connectivity index (χ4v) is 12.1. The van der Waals surface area contributed by atoms with Gasteiger partial charge >= 0.3 is 5.97 Å². The molecule has 64 heavy (non-hydrogen) atoms. The van der Waals surface area contributed by atoms with E-state index in [2.05, 4.69) is 92.2 Å². The molecule has 8 atom stereocenters. The highest BCUT2D eigenvalue weighted by Gasteiger charge is 2.50. The molecule has 346 valence electrons. The molecule has 1 unspecified atom stereocenters. The highest BCUT2D eigenvalue weighted by atomic mass is 32.2. The van der Waals surface area contributed by atoms with E-state index in [9.17, 15) is 14.4 Å². The molecule has 2 saturated heterocycles.